The monoisotopic (exact) mass is 317 g/mol. The van der Waals surface area contributed by atoms with Crippen molar-refractivity contribution in [1.82, 2.24) is 24.7 Å². The molecule has 1 aliphatic heterocycles. The Morgan fingerprint density at radius 1 is 1.48 bits per heavy atom. The number of aromatic nitrogens is 2. The fourth-order valence-corrected chi connectivity index (χ4v) is 3.01. The predicted octanol–water partition coefficient (Wildman–Crippen LogP) is 1.60. The Balaban J connectivity index is 1.65. The van der Waals surface area contributed by atoms with Crippen LogP contribution in [0.25, 0.3) is 0 Å². The van der Waals surface area contributed by atoms with Crippen molar-refractivity contribution in [3.8, 4) is 0 Å². The quantitative estimate of drug-likeness (QED) is 0.930. The van der Waals surface area contributed by atoms with Gasteiger partial charge in [-0.25, -0.2) is 9.78 Å². The fourth-order valence-electron chi connectivity index (χ4n) is 3.01. The highest BCUT2D eigenvalue weighted by Gasteiger charge is 2.31. The minimum Gasteiger partial charge on any atom is -0.467 e. The predicted molar refractivity (Wildman–Crippen MR) is 85.7 cm³/mol. The number of hydrogen-bond donors (Lipinski definition) is 1. The summed E-state index contributed by atoms with van der Waals surface area (Å²) >= 11 is 0. The highest BCUT2D eigenvalue weighted by molar-refractivity contribution is 5.74. The van der Waals surface area contributed by atoms with Gasteiger partial charge in [0.1, 0.15) is 11.6 Å². The normalized spacial score (nSPS) is 19.0. The van der Waals surface area contributed by atoms with Crippen LogP contribution in [-0.2, 0) is 13.6 Å². The zero-order chi connectivity index (χ0) is 16.2. The van der Waals surface area contributed by atoms with Crippen molar-refractivity contribution in [2.75, 3.05) is 26.2 Å². The van der Waals surface area contributed by atoms with Crippen molar-refractivity contribution in [3.63, 3.8) is 0 Å². The average molecular weight is 317 g/mol. The number of rotatable bonds is 4. The van der Waals surface area contributed by atoms with Gasteiger partial charge in [-0.2, -0.15) is 0 Å². The van der Waals surface area contributed by atoms with Gasteiger partial charge in [-0.1, -0.05) is 6.92 Å². The Morgan fingerprint density at radius 3 is 3.00 bits per heavy atom. The molecule has 1 unspecified atom stereocenters. The summed E-state index contributed by atoms with van der Waals surface area (Å²) in [6, 6.07) is 3.74. The van der Waals surface area contributed by atoms with E-state index >= 15 is 0 Å². The molecule has 2 aromatic rings. The molecule has 2 amide bonds. The van der Waals surface area contributed by atoms with E-state index in [9.17, 15) is 4.79 Å². The number of carbonyl (C=O) groups is 1. The highest BCUT2D eigenvalue weighted by atomic mass is 16.3. The van der Waals surface area contributed by atoms with Gasteiger partial charge >= 0.3 is 6.03 Å². The first kappa shape index (κ1) is 15.6. The first-order chi connectivity index (χ1) is 11.2. The Hall–Kier alpha value is -2.28. The number of hydrogen-bond acceptors (Lipinski definition) is 4. The first-order valence-electron chi connectivity index (χ1n) is 7.95. The summed E-state index contributed by atoms with van der Waals surface area (Å²) in [5.74, 6) is 1.75. The van der Waals surface area contributed by atoms with Gasteiger partial charge in [-0.05, 0) is 18.7 Å². The fraction of sp³-hybridized carbons (Fsp3) is 0.500. The van der Waals surface area contributed by atoms with Crippen LogP contribution in [0.4, 0.5) is 4.79 Å². The van der Waals surface area contributed by atoms with E-state index in [0.29, 0.717) is 13.1 Å². The van der Waals surface area contributed by atoms with E-state index in [-0.39, 0.29) is 12.1 Å². The highest BCUT2D eigenvalue weighted by Crippen LogP contribution is 2.23. The molecule has 0 radical (unpaired) electrons. The van der Waals surface area contributed by atoms with Crippen LogP contribution < -0.4 is 5.32 Å². The van der Waals surface area contributed by atoms with Gasteiger partial charge in [0.15, 0.2) is 0 Å². The lowest BCUT2D eigenvalue weighted by atomic mass is 10.1. The molecule has 1 fully saturated rings. The molecular formula is C16H23N5O2. The van der Waals surface area contributed by atoms with Gasteiger partial charge < -0.3 is 19.2 Å². The Bertz CT molecular complexity index is 637. The molecule has 124 valence electrons. The molecular weight excluding hydrogens is 294 g/mol. The van der Waals surface area contributed by atoms with Gasteiger partial charge in [-0.15, -0.1) is 0 Å². The molecule has 1 aliphatic rings. The van der Waals surface area contributed by atoms with Crippen LogP contribution in [0.2, 0.25) is 0 Å². The third-order valence-corrected chi connectivity index (χ3v) is 4.34. The number of piperazine rings is 1. The molecule has 0 spiro atoms. The summed E-state index contributed by atoms with van der Waals surface area (Å²) in [5.41, 5.74) is 0. The lowest BCUT2D eigenvalue weighted by molar-refractivity contribution is 0.0876. The Labute approximate surface area is 135 Å². The van der Waals surface area contributed by atoms with Crippen LogP contribution in [0.1, 0.15) is 24.6 Å². The minimum absolute atomic E-state index is 0.0589. The summed E-state index contributed by atoms with van der Waals surface area (Å²) < 4.78 is 7.27. The molecule has 3 rings (SSSR count). The maximum absolute atomic E-state index is 12.4. The number of nitrogens with zero attached hydrogens (tertiary/aromatic N) is 4. The van der Waals surface area contributed by atoms with Crippen molar-refractivity contribution in [2.45, 2.75) is 19.5 Å². The summed E-state index contributed by atoms with van der Waals surface area (Å²) in [6.07, 6.45) is 5.36. The van der Waals surface area contributed by atoms with Gasteiger partial charge in [0.2, 0.25) is 0 Å². The molecule has 1 atom stereocenters. The van der Waals surface area contributed by atoms with E-state index in [1.807, 2.05) is 34.8 Å². The lowest BCUT2D eigenvalue weighted by Crippen LogP contribution is -2.53. The minimum atomic E-state index is -0.0589. The number of amides is 2. The van der Waals surface area contributed by atoms with E-state index in [1.54, 1.807) is 12.5 Å². The Morgan fingerprint density at radius 2 is 2.35 bits per heavy atom. The lowest BCUT2D eigenvalue weighted by Gasteiger charge is -2.40. The zero-order valence-corrected chi connectivity index (χ0v) is 13.6. The standard InChI is InChI=1S/C16H23N5O2/c1-3-20-8-9-21(12-14(20)15-17-6-7-19(15)2)16(22)18-11-13-5-4-10-23-13/h4-7,10,14H,3,8-9,11-12H2,1-2H3,(H,18,22). The van der Waals surface area contributed by atoms with Crippen LogP contribution in [-0.4, -0.2) is 51.6 Å². The maximum Gasteiger partial charge on any atom is 0.317 e. The third-order valence-electron chi connectivity index (χ3n) is 4.34. The molecule has 7 nitrogen and oxygen atoms in total. The second-order valence-electron chi connectivity index (χ2n) is 5.72. The third kappa shape index (κ3) is 3.39. The second-order valence-corrected chi connectivity index (χ2v) is 5.72. The number of carbonyl (C=O) groups excluding carboxylic acids is 1. The number of imidazole rings is 1. The van der Waals surface area contributed by atoms with E-state index in [4.69, 9.17) is 4.42 Å². The van der Waals surface area contributed by atoms with E-state index < -0.39 is 0 Å². The van der Waals surface area contributed by atoms with Crippen LogP contribution in [0, 0.1) is 0 Å². The van der Waals surface area contributed by atoms with E-state index in [0.717, 1.165) is 31.2 Å². The number of nitrogens with one attached hydrogen (secondary N) is 1. The van der Waals surface area contributed by atoms with Crippen molar-refractivity contribution in [3.05, 3.63) is 42.4 Å². The SMILES string of the molecule is CCN1CCN(C(=O)NCc2ccco2)CC1c1nccn1C. The van der Waals surface area contributed by atoms with Crippen molar-refractivity contribution in [2.24, 2.45) is 7.05 Å². The molecule has 23 heavy (non-hydrogen) atoms. The van der Waals surface area contributed by atoms with Gasteiger partial charge in [-0.3, -0.25) is 4.90 Å². The molecule has 0 aromatic carbocycles. The molecule has 7 heteroatoms. The Kier molecular flexibility index (Phi) is 4.66. The van der Waals surface area contributed by atoms with E-state index in [1.165, 1.54) is 0 Å². The number of urea groups is 1. The maximum atomic E-state index is 12.4. The number of furan rings is 1. The molecule has 0 aliphatic carbocycles. The molecule has 3 heterocycles. The average Bonchev–Trinajstić information content (AvgIpc) is 3.23. The van der Waals surface area contributed by atoms with Gasteiger partial charge in [0, 0.05) is 39.1 Å². The van der Waals surface area contributed by atoms with Crippen molar-refractivity contribution in [1.29, 1.82) is 0 Å². The van der Waals surface area contributed by atoms with Gasteiger partial charge in [0.25, 0.3) is 0 Å². The van der Waals surface area contributed by atoms with Crippen LogP contribution in [0.3, 0.4) is 0 Å². The van der Waals surface area contributed by atoms with E-state index in [2.05, 4.69) is 22.1 Å². The largest absolute Gasteiger partial charge is 0.467 e. The van der Waals surface area contributed by atoms with Crippen LogP contribution in [0.15, 0.2) is 35.2 Å². The summed E-state index contributed by atoms with van der Waals surface area (Å²) in [6.45, 7) is 5.71. The topological polar surface area (TPSA) is 66.5 Å². The molecule has 0 bridgehead atoms. The zero-order valence-electron chi connectivity index (χ0n) is 13.6. The smallest absolute Gasteiger partial charge is 0.317 e. The number of aryl methyl sites for hydroxylation is 1. The van der Waals surface area contributed by atoms with Crippen molar-refractivity contribution >= 4 is 6.03 Å². The second kappa shape index (κ2) is 6.87. The van der Waals surface area contributed by atoms with Gasteiger partial charge in [0.05, 0.1) is 18.8 Å². The summed E-state index contributed by atoms with van der Waals surface area (Å²) in [5, 5.41) is 2.92. The summed E-state index contributed by atoms with van der Waals surface area (Å²) in [7, 11) is 1.99. The van der Waals surface area contributed by atoms with Crippen LogP contribution >= 0.6 is 0 Å². The molecule has 0 saturated carbocycles. The molecule has 1 saturated heterocycles. The number of likely N-dealkylation sites (N-methyl/N-ethyl adjacent to an activating group) is 1. The van der Waals surface area contributed by atoms with Crippen LogP contribution in [0.5, 0.6) is 0 Å². The van der Waals surface area contributed by atoms with Crippen molar-refractivity contribution < 1.29 is 9.21 Å². The summed E-state index contributed by atoms with van der Waals surface area (Å²) in [4.78, 5) is 21.1. The molecule has 1 N–H and O–H groups in total. The molecule has 2 aromatic heterocycles. The first-order valence-corrected chi connectivity index (χ1v) is 7.95.